The van der Waals surface area contributed by atoms with Crippen molar-refractivity contribution in [2.75, 3.05) is 18.2 Å². The number of anilines is 1. The van der Waals surface area contributed by atoms with Crippen LogP contribution in [0.25, 0.3) is 0 Å². The highest BCUT2D eigenvalue weighted by Crippen LogP contribution is 2.36. The lowest BCUT2D eigenvalue weighted by Crippen LogP contribution is -2.16. The minimum atomic E-state index is -0.116. The summed E-state index contributed by atoms with van der Waals surface area (Å²) >= 11 is 7.43. The van der Waals surface area contributed by atoms with Crippen LogP contribution in [0, 0.1) is 13.8 Å². The van der Waals surface area contributed by atoms with Crippen molar-refractivity contribution in [3.05, 3.63) is 82.4 Å². The van der Waals surface area contributed by atoms with Gasteiger partial charge in [0.1, 0.15) is 5.75 Å². The second kappa shape index (κ2) is 10.2. The van der Waals surface area contributed by atoms with Gasteiger partial charge in [-0.25, -0.2) is 4.99 Å². The van der Waals surface area contributed by atoms with Gasteiger partial charge in [0.05, 0.1) is 35.0 Å². The van der Waals surface area contributed by atoms with Crippen LogP contribution in [0.4, 0.5) is 17.1 Å². The summed E-state index contributed by atoms with van der Waals surface area (Å²) in [6, 6.07) is 19.1. The number of carbonyl (C=O) groups is 1. The highest BCUT2D eigenvalue weighted by atomic mass is 35.5. The monoisotopic (exact) mass is 477 g/mol. The number of halogens is 1. The van der Waals surface area contributed by atoms with E-state index in [9.17, 15) is 4.79 Å². The molecule has 0 radical (unpaired) electrons. The molecule has 1 amide bonds. The minimum Gasteiger partial charge on any atom is -0.497 e. The van der Waals surface area contributed by atoms with Crippen LogP contribution >= 0.6 is 23.4 Å². The molecular formula is C26H24ClN3O2S. The van der Waals surface area contributed by atoms with E-state index in [0.29, 0.717) is 17.1 Å². The molecule has 1 N–H and O–H groups in total. The molecule has 168 valence electrons. The summed E-state index contributed by atoms with van der Waals surface area (Å²) in [5.74, 6) is 0.887. The first-order valence-electron chi connectivity index (χ1n) is 10.5. The van der Waals surface area contributed by atoms with Gasteiger partial charge in [0, 0.05) is 22.7 Å². The van der Waals surface area contributed by atoms with Gasteiger partial charge in [-0.15, -0.1) is 11.8 Å². The third-order valence-corrected chi connectivity index (χ3v) is 6.50. The van der Waals surface area contributed by atoms with Crippen molar-refractivity contribution >= 4 is 57.1 Å². The number of hydrogen-bond acceptors (Lipinski definition) is 5. The number of fused-ring (bicyclic) bond motifs is 1. The van der Waals surface area contributed by atoms with Crippen LogP contribution in [0.5, 0.6) is 5.75 Å². The van der Waals surface area contributed by atoms with E-state index in [-0.39, 0.29) is 11.7 Å². The molecule has 0 saturated carbocycles. The first-order chi connectivity index (χ1) is 15.9. The van der Waals surface area contributed by atoms with Gasteiger partial charge in [0.25, 0.3) is 0 Å². The first-order valence-corrected chi connectivity index (χ1v) is 11.9. The summed E-state index contributed by atoms with van der Waals surface area (Å²) in [6.07, 6.45) is 0.523. The maximum atomic E-state index is 12.6. The summed E-state index contributed by atoms with van der Waals surface area (Å²) < 4.78 is 5.40. The summed E-state index contributed by atoms with van der Waals surface area (Å²) in [4.78, 5) is 22.4. The predicted octanol–water partition coefficient (Wildman–Crippen LogP) is 6.89. The maximum Gasteiger partial charge on any atom is 0.234 e. The Morgan fingerprint density at radius 3 is 2.48 bits per heavy atom. The fourth-order valence-electron chi connectivity index (χ4n) is 3.43. The lowest BCUT2D eigenvalue weighted by atomic mass is 10.1. The van der Waals surface area contributed by atoms with Crippen molar-refractivity contribution in [3.63, 3.8) is 0 Å². The molecule has 33 heavy (non-hydrogen) atoms. The van der Waals surface area contributed by atoms with Crippen molar-refractivity contribution < 1.29 is 9.53 Å². The Hall–Kier alpha value is -3.09. The van der Waals surface area contributed by atoms with Gasteiger partial charge in [-0.3, -0.25) is 9.79 Å². The lowest BCUT2D eigenvalue weighted by molar-refractivity contribution is -0.113. The Morgan fingerprint density at radius 2 is 1.76 bits per heavy atom. The first kappa shape index (κ1) is 23.1. The van der Waals surface area contributed by atoms with Crippen LogP contribution in [-0.4, -0.2) is 29.5 Å². The second-order valence-electron chi connectivity index (χ2n) is 7.75. The van der Waals surface area contributed by atoms with Crippen molar-refractivity contribution in [2.24, 2.45) is 9.98 Å². The van der Waals surface area contributed by atoms with E-state index in [1.165, 1.54) is 11.8 Å². The van der Waals surface area contributed by atoms with Gasteiger partial charge in [-0.05, 0) is 67.4 Å². The van der Waals surface area contributed by atoms with E-state index in [2.05, 4.69) is 31.3 Å². The molecule has 0 aliphatic carbocycles. The highest BCUT2D eigenvalue weighted by molar-refractivity contribution is 8.14. The van der Waals surface area contributed by atoms with Crippen LogP contribution < -0.4 is 10.1 Å². The van der Waals surface area contributed by atoms with E-state index in [0.717, 1.165) is 44.6 Å². The number of methoxy groups -OCH3 is 1. The van der Waals surface area contributed by atoms with Gasteiger partial charge < -0.3 is 10.1 Å². The van der Waals surface area contributed by atoms with E-state index < -0.39 is 0 Å². The molecule has 3 aromatic rings. The minimum absolute atomic E-state index is 0.116. The molecule has 3 aromatic carbocycles. The molecule has 1 aliphatic heterocycles. The number of hydrogen-bond donors (Lipinski definition) is 1. The Balaban J connectivity index is 1.60. The smallest absolute Gasteiger partial charge is 0.234 e. The van der Waals surface area contributed by atoms with Gasteiger partial charge in [0.15, 0.2) is 0 Å². The number of ether oxygens (including phenoxy) is 1. The van der Waals surface area contributed by atoms with Crippen molar-refractivity contribution in [1.82, 2.24) is 0 Å². The molecule has 1 heterocycles. The fourth-order valence-corrected chi connectivity index (χ4v) is 4.39. The summed E-state index contributed by atoms with van der Waals surface area (Å²) in [5.41, 5.74) is 6.49. The number of nitrogens with zero attached hydrogens (tertiary/aromatic N) is 2. The van der Waals surface area contributed by atoms with Crippen LogP contribution in [-0.2, 0) is 4.79 Å². The van der Waals surface area contributed by atoms with Gasteiger partial charge >= 0.3 is 0 Å². The molecular weight excluding hydrogens is 454 g/mol. The standard InChI is InChI=1S/C26H24ClN3O2S/c1-16-10-23-24(11-17(16)2)30-26(14-22(29-23)18-6-4-9-21(12-18)32-3)33-15-25(31)28-20-8-5-7-19(27)13-20/h4-13H,14-15H2,1-3H3,(H,28,31). The van der Waals surface area contributed by atoms with Crippen molar-refractivity contribution in [1.29, 1.82) is 0 Å². The zero-order valence-electron chi connectivity index (χ0n) is 18.7. The van der Waals surface area contributed by atoms with Crippen molar-refractivity contribution in [2.45, 2.75) is 20.3 Å². The zero-order chi connectivity index (χ0) is 23.4. The third kappa shape index (κ3) is 5.83. The number of nitrogens with one attached hydrogen (secondary N) is 1. The molecule has 0 unspecified atom stereocenters. The molecule has 0 atom stereocenters. The SMILES string of the molecule is COc1cccc(C2=Nc3cc(C)c(C)cc3N=C(SCC(=O)Nc3cccc(Cl)c3)C2)c1. The molecule has 0 aromatic heterocycles. The largest absolute Gasteiger partial charge is 0.497 e. The van der Waals surface area contributed by atoms with Gasteiger partial charge in [-0.2, -0.15) is 0 Å². The van der Waals surface area contributed by atoms with Crippen molar-refractivity contribution in [3.8, 4) is 5.75 Å². The topological polar surface area (TPSA) is 63.1 Å². The van der Waals surface area contributed by atoms with Crippen LogP contribution in [0.1, 0.15) is 23.1 Å². The van der Waals surface area contributed by atoms with Crippen LogP contribution in [0.3, 0.4) is 0 Å². The molecule has 4 rings (SSSR count). The number of thioether (sulfide) groups is 1. The predicted molar refractivity (Wildman–Crippen MR) is 139 cm³/mol. The van der Waals surface area contributed by atoms with Gasteiger partial charge in [0.2, 0.25) is 5.91 Å². The molecule has 0 spiro atoms. The number of aliphatic imine (C=N–C) groups is 2. The number of aryl methyl sites for hydroxylation is 2. The van der Waals surface area contributed by atoms with E-state index in [4.69, 9.17) is 26.3 Å². The Morgan fingerprint density at radius 1 is 1.03 bits per heavy atom. The highest BCUT2D eigenvalue weighted by Gasteiger charge is 2.18. The third-order valence-electron chi connectivity index (χ3n) is 5.29. The second-order valence-corrected chi connectivity index (χ2v) is 9.23. The molecule has 1 aliphatic rings. The quantitative estimate of drug-likeness (QED) is 0.435. The van der Waals surface area contributed by atoms with Crippen LogP contribution in [0.15, 0.2) is 70.6 Å². The Bertz CT molecular complexity index is 1270. The lowest BCUT2D eigenvalue weighted by Gasteiger charge is -2.09. The average Bonchev–Trinajstić information content (AvgIpc) is 2.97. The van der Waals surface area contributed by atoms with E-state index in [1.54, 1.807) is 25.3 Å². The number of amides is 1. The summed E-state index contributed by atoms with van der Waals surface area (Å²) in [7, 11) is 1.65. The number of benzene rings is 3. The molecule has 7 heteroatoms. The fraction of sp³-hybridized carbons (Fsp3) is 0.192. The number of carbonyl (C=O) groups excluding carboxylic acids is 1. The Labute approximate surface area is 203 Å². The Kier molecular flexibility index (Phi) is 7.16. The maximum absolute atomic E-state index is 12.6. The molecule has 0 bridgehead atoms. The van der Waals surface area contributed by atoms with Crippen LogP contribution in [0.2, 0.25) is 5.02 Å². The molecule has 0 saturated heterocycles. The molecule has 5 nitrogen and oxygen atoms in total. The van der Waals surface area contributed by atoms with E-state index in [1.807, 2.05) is 30.3 Å². The number of rotatable bonds is 5. The summed E-state index contributed by atoms with van der Waals surface area (Å²) in [5, 5.41) is 4.30. The molecule has 0 fully saturated rings. The summed E-state index contributed by atoms with van der Waals surface area (Å²) in [6.45, 7) is 4.13. The normalized spacial score (nSPS) is 12.8. The average molecular weight is 478 g/mol. The van der Waals surface area contributed by atoms with Gasteiger partial charge in [-0.1, -0.05) is 29.8 Å². The zero-order valence-corrected chi connectivity index (χ0v) is 20.3. The van der Waals surface area contributed by atoms with E-state index >= 15 is 0 Å².